The van der Waals surface area contributed by atoms with E-state index in [4.69, 9.17) is 10.00 Å². The Labute approximate surface area is 172 Å². The molecule has 1 aliphatic heterocycles. The van der Waals surface area contributed by atoms with Crippen LogP contribution in [0.25, 0.3) is 0 Å². The maximum absolute atomic E-state index is 12.5. The molecule has 0 radical (unpaired) electrons. The van der Waals surface area contributed by atoms with Gasteiger partial charge >= 0.3 is 5.97 Å². The minimum atomic E-state index is -1.04. The van der Waals surface area contributed by atoms with E-state index < -0.39 is 23.9 Å². The van der Waals surface area contributed by atoms with Crippen LogP contribution < -0.4 is 10.2 Å². The quantitative estimate of drug-likeness (QED) is 0.737. The molecule has 7 nitrogen and oxygen atoms in total. The minimum absolute atomic E-state index is 0.0478. The summed E-state index contributed by atoms with van der Waals surface area (Å²) in [4.78, 5) is 38.7. The Kier molecular flexibility index (Phi) is 6.29. The van der Waals surface area contributed by atoms with E-state index in [1.165, 1.54) is 23.8 Å². The first-order valence-corrected chi connectivity index (χ1v) is 10.2. The van der Waals surface area contributed by atoms with Crippen molar-refractivity contribution in [2.45, 2.75) is 32.8 Å². The summed E-state index contributed by atoms with van der Waals surface area (Å²) in [5.41, 5.74) is 2.27. The van der Waals surface area contributed by atoms with Gasteiger partial charge in [0.2, 0.25) is 5.91 Å². The van der Waals surface area contributed by atoms with Crippen molar-refractivity contribution in [3.63, 3.8) is 0 Å². The highest BCUT2D eigenvalue weighted by Crippen LogP contribution is 2.27. The Morgan fingerprint density at radius 2 is 2.07 bits per heavy atom. The van der Waals surface area contributed by atoms with E-state index in [9.17, 15) is 14.4 Å². The number of nitriles is 1. The van der Waals surface area contributed by atoms with E-state index >= 15 is 0 Å². The third-order valence-corrected chi connectivity index (χ3v) is 5.63. The van der Waals surface area contributed by atoms with E-state index in [-0.39, 0.29) is 18.9 Å². The third kappa shape index (κ3) is 4.63. The fourth-order valence-corrected chi connectivity index (χ4v) is 3.80. The molecule has 1 N–H and O–H groups in total. The Balaban J connectivity index is 1.58. The number of hydrogen-bond donors (Lipinski definition) is 1. The fraction of sp³-hybridized carbons (Fsp3) is 0.333. The summed E-state index contributed by atoms with van der Waals surface area (Å²) in [5.74, 6) is -1.88. The number of nitrogens with zero attached hydrogens (tertiary/aromatic N) is 2. The number of benzene rings is 1. The van der Waals surface area contributed by atoms with Crippen molar-refractivity contribution in [2.75, 3.05) is 16.8 Å². The van der Waals surface area contributed by atoms with Crippen LogP contribution in [0.2, 0.25) is 0 Å². The largest absolute Gasteiger partial charge is 0.452 e. The Morgan fingerprint density at radius 1 is 1.34 bits per heavy atom. The molecule has 0 unspecified atom stereocenters. The lowest BCUT2D eigenvalue weighted by Gasteiger charge is -2.18. The van der Waals surface area contributed by atoms with Crippen molar-refractivity contribution in [3.8, 4) is 6.07 Å². The molecular formula is C21H21N3O4S. The molecular weight excluding hydrogens is 390 g/mol. The number of aryl methyl sites for hydroxylation is 1. The van der Waals surface area contributed by atoms with Gasteiger partial charge in [0.15, 0.2) is 6.10 Å². The van der Waals surface area contributed by atoms with Crippen molar-refractivity contribution in [1.29, 1.82) is 5.26 Å². The molecule has 1 saturated heterocycles. The number of nitrogens with one attached hydrogen (secondary N) is 1. The molecule has 150 valence electrons. The van der Waals surface area contributed by atoms with Gasteiger partial charge in [-0.2, -0.15) is 5.26 Å². The van der Waals surface area contributed by atoms with Gasteiger partial charge in [-0.1, -0.05) is 19.1 Å². The van der Waals surface area contributed by atoms with E-state index in [0.717, 1.165) is 12.1 Å². The average molecular weight is 411 g/mol. The fourth-order valence-electron chi connectivity index (χ4n) is 3.06. The zero-order valence-corrected chi connectivity index (χ0v) is 17.0. The zero-order valence-electron chi connectivity index (χ0n) is 16.2. The number of carbonyl (C=O) groups is 3. The summed E-state index contributed by atoms with van der Waals surface area (Å²) in [5, 5.41) is 13.7. The highest BCUT2D eigenvalue weighted by molar-refractivity contribution is 7.14. The first kappa shape index (κ1) is 20.6. The van der Waals surface area contributed by atoms with Gasteiger partial charge in [0.05, 0.1) is 11.5 Å². The van der Waals surface area contributed by atoms with Crippen molar-refractivity contribution < 1.29 is 19.1 Å². The van der Waals surface area contributed by atoms with Gasteiger partial charge in [0.25, 0.3) is 5.91 Å². The predicted molar refractivity (Wildman–Crippen MR) is 109 cm³/mol. The number of amides is 2. The number of carbonyl (C=O) groups excluding carboxylic acids is 3. The van der Waals surface area contributed by atoms with Crippen LogP contribution >= 0.6 is 11.3 Å². The van der Waals surface area contributed by atoms with Crippen LogP contribution in [-0.2, 0) is 25.5 Å². The molecule has 1 aliphatic rings. The number of hydrogen-bond acceptors (Lipinski definition) is 6. The van der Waals surface area contributed by atoms with Crippen LogP contribution in [0.1, 0.15) is 31.4 Å². The monoisotopic (exact) mass is 411 g/mol. The highest BCUT2D eigenvalue weighted by Gasteiger charge is 2.37. The molecule has 3 rings (SSSR count). The maximum Gasteiger partial charge on any atom is 0.312 e. The second kappa shape index (κ2) is 8.88. The number of rotatable bonds is 6. The second-order valence-electron chi connectivity index (χ2n) is 6.77. The smallest absolute Gasteiger partial charge is 0.312 e. The minimum Gasteiger partial charge on any atom is -0.452 e. The van der Waals surface area contributed by atoms with E-state index in [2.05, 4.69) is 12.2 Å². The van der Waals surface area contributed by atoms with Gasteiger partial charge in [-0.3, -0.25) is 14.4 Å². The van der Waals surface area contributed by atoms with Crippen LogP contribution in [0.15, 0.2) is 35.7 Å². The standard InChI is InChI=1S/C21H21N3O4S/c1-3-14-4-6-17(7-5-14)24-12-16(10-18(24)25)21(27)28-13(2)19(26)23-20-15(11-22)8-9-29-20/h4-9,13,16H,3,10,12H2,1-2H3,(H,23,26)/t13-,16-/m0/s1. The number of ether oxygens (including phenoxy) is 1. The van der Waals surface area contributed by atoms with Crippen LogP contribution in [0.3, 0.4) is 0 Å². The van der Waals surface area contributed by atoms with Crippen LogP contribution in [0.5, 0.6) is 0 Å². The van der Waals surface area contributed by atoms with Gasteiger partial charge in [-0.05, 0) is 42.5 Å². The van der Waals surface area contributed by atoms with Crippen LogP contribution in [0.4, 0.5) is 10.7 Å². The van der Waals surface area contributed by atoms with Crippen LogP contribution in [-0.4, -0.2) is 30.4 Å². The summed E-state index contributed by atoms with van der Waals surface area (Å²) in [7, 11) is 0. The lowest BCUT2D eigenvalue weighted by atomic mass is 10.1. The molecule has 2 amide bonds. The lowest BCUT2D eigenvalue weighted by molar-refractivity contribution is -0.157. The van der Waals surface area contributed by atoms with Gasteiger partial charge in [0, 0.05) is 18.7 Å². The SMILES string of the molecule is CCc1ccc(N2C[C@@H](C(=O)O[C@@H](C)C(=O)Nc3sccc3C#N)CC2=O)cc1. The van der Waals surface area contributed by atoms with Gasteiger partial charge < -0.3 is 15.0 Å². The molecule has 0 spiro atoms. The molecule has 2 heterocycles. The molecule has 1 aromatic heterocycles. The number of thiophene rings is 1. The normalized spacial score (nSPS) is 16.9. The first-order valence-electron chi connectivity index (χ1n) is 9.31. The Hall–Kier alpha value is -3.18. The summed E-state index contributed by atoms with van der Waals surface area (Å²) in [6, 6.07) is 11.2. The zero-order chi connectivity index (χ0) is 21.0. The summed E-state index contributed by atoms with van der Waals surface area (Å²) < 4.78 is 5.28. The van der Waals surface area contributed by atoms with Crippen molar-refractivity contribution in [1.82, 2.24) is 0 Å². The Bertz CT molecular complexity index is 961. The Morgan fingerprint density at radius 3 is 2.72 bits per heavy atom. The van der Waals surface area contributed by atoms with Gasteiger partial charge in [-0.25, -0.2) is 0 Å². The van der Waals surface area contributed by atoms with Crippen LogP contribution in [0, 0.1) is 17.2 Å². The van der Waals surface area contributed by atoms with Crippen molar-refractivity contribution in [2.24, 2.45) is 5.92 Å². The second-order valence-corrected chi connectivity index (χ2v) is 7.69. The molecule has 0 saturated carbocycles. The summed E-state index contributed by atoms with van der Waals surface area (Å²) in [6.07, 6.45) is -0.0828. The first-order chi connectivity index (χ1) is 13.9. The summed E-state index contributed by atoms with van der Waals surface area (Å²) >= 11 is 1.22. The molecule has 0 aliphatic carbocycles. The van der Waals surface area contributed by atoms with Crippen molar-refractivity contribution in [3.05, 3.63) is 46.8 Å². The highest BCUT2D eigenvalue weighted by atomic mass is 32.1. The molecule has 1 fully saturated rings. The average Bonchev–Trinajstić information content (AvgIpc) is 3.34. The van der Waals surface area contributed by atoms with E-state index in [1.807, 2.05) is 30.3 Å². The molecule has 0 bridgehead atoms. The number of esters is 1. The van der Waals surface area contributed by atoms with E-state index in [1.54, 1.807) is 16.3 Å². The molecule has 2 aromatic rings. The molecule has 8 heteroatoms. The van der Waals surface area contributed by atoms with Crippen molar-refractivity contribution >= 4 is 39.8 Å². The topological polar surface area (TPSA) is 99.5 Å². The lowest BCUT2D eigenvalue weighted by Crippen LogP contribution is -2.33. The number of anilines is 2. The van der Waals surface area contributed by atoms with E-state index in [0.29, 0.717) is 10.6 Å². The third-order valence-electron chi connectivity index (χ3n) is 4.80. The molecule has 29 heavy (non-hydrogen) atoms. The summed E-state index contributed by atoms with van der Waals surface area (Å²) in [6.45, 7) is 3.74. The maximum atomic E-state index is 12.5. The molecule has 1 aromatic carbocycles. The molecule has 2 atom stereocenters. The van der Waals surface area contributed by atoms with Gasteiger partial charge in [-0.15, -0.1) is 11.3 Å². The predicted octanol–water partition coefficient (Wildman–Crippen LogP) is 3.11. The van der Waals surface area contributed by atoms with Gasteiger partial charge in [0.1, 0.15) is 11.1 Å².